The summed E-state index contributed by atoms with van der Waals surface area (Å²) in [6, 6.07) is 9.89. The van der Waals surface area contributed by atoms with Gasteiger partial charge in [-0.1, -0.05) is 18.2 Å². The largest absolute Gasteiger partial charge is 0.492 e. The molecule has 164 valence electrons. The van der Waals surface area contributed by atoms with Gasteiger partial charge in [0.05, 0.1) is 25.4 Å². The molecule has 7 heteroatoms. The van der Waals surface area contributed by atoms with E-state index in [1.807, 2.05) is 30.3 Å². The summed E-state index contributed by atoms with van der Waals surface area (Å²) >= 11 is 0. The Bertz CT molecular complexity index is 574. The number of hydrogen-bond donors (Lipinski definition) is 1. The summed E-state index contributed by atoms with van der Waals surface area (Å²) in [5.74, 6) is 1.87. The molecule has 1 aromatic carbocycles. The van der Waals surface area contributed by atoms with Crippen LogP contribution in [0, 0.1) is 0 Å². The molecule has 1 unspecified atom stereocenters. The quantitative estimate of drug-likeness (QED) is 0.247. The van der Waals surface area contributed by atoms with Crippen LogP contribution in [-0.2, 0) is 9.47 Å². The molecule has 6 nitrogen and oxygen atoms in total. The van der Waals surface area contributed by atoms with Gasteiger partial charge in [0, 0.05) is 26.2 Å². The van der Waals surface area contributed by atoms with Crippen molar-refractivity contribution in [1.29, 1.82) is 0 Å². The number of ether oxygens (including phenoxy) is 3. The van der Waals surface area contributed by atoms with Crippen LogP contribution in [-0.4, -0.2) is 69.1 Å². The Morgan fingerprint density at radius 1 is 1.17 bits per heavy atom. The van der Waals surface area contributed by atoms with Crippen LogP contribution in [0.25, 0.3) is 0 Å². The average Bonchev–Trinajstić information content (AvgIpc) is 2.76. The first-order valence-electron chi connectivity index (χ1n) is 10.8. The first kappa shape index (κ1) is 24.2. The lowest BCUT2D eigenvalue weighted by Crippen LogP contribution is -2.47. The molecule has 0 saturated carbocycles. The van der Waals surface area contributed by atoms with Gasteiger partial charge in [-0.05, 0) is 51.2 Å². The maximum Gasteiger partial charge on any atom is 0.194 e. The number of nitrogens with zero attached hydrogens (tertiary/aromatic N) is 2. The van der Waals surface area contributed by atoms with Gasteiger partial charge in [-0.3, -0.25) is 0 Å². The number of guanidine groups is 1. The SMILES string of the molecule is CCNC(=NCCOc1ccccc1)N1CCC(OCC2CCCCO2)CC1.I. The van der Waals surface area contributed by atoms with Gasteiger partial charge in [0.25, 0.3) is 0 Å². The van der Waals surface area contributed by atoms with Gasteiger partial charge in [0.15, 0.2) is 5.96 Å². The van der Waals surface area contributed by atoms with Crippen molar-refractivity contribution in [3.8, 4) is 5.75 Å². The van der Waals surface area contributed by atoms with E-state index in [2.05, 4.69) is 17.1 Å². The number of hydrogen-bond acceptors (Lipinski definition) is 4. The maximum atomic E-state index is 6.13. The number of rotatable bonds is 8. The highest BCUT2D eigenvalue weighted by Gasteiger charge is 2.23. The Hall–Kier alpha value is -1.06. The van der Waals surface area contributed by atoms with Crippen LogP contribution in [0.4, 0.5) is 0 Å². The molecule has 0 radical (unpaired) electrons. The van der Waals surface area contributed by atoms with Crippen molar-refractivity contribution < 1.29 is 14.2 Å². The lowest BCUT2D eigenvalue weighted by atomic mass is 10.1. The molecule has 0 aliphatic carbocycles. The monoisotopic (exact) mass is 517 g/mol. The van der Waals surface area contributed by atoms with Crippen LogP contribution >= 0.6 is 24.0 Å². The van der Waals surface area contributed by atoms with Gasteiger partial charge in [-0.15, -0.1) is 24.0 Å². The van der Waals surface area contributed by atoms with E-state index in [1.165, 1.54) is 12.8 Å². The number of aliphatic imine (C=N–C) groups is 1. The van der Waals surface area contributed by atoms with E-state index in [1.54, 1.807) is 0 Å². The summed E-state index contributed by atoms with van der Waals surface area (Å²) in [7, 11) is 0. The van der Waals surface area contributed by atoms with Crippen LogP contribution in [0.2, 0.25) is 0 Å². The summed E-state index contributed by atoms with van der Waals surface area (Å²) in [6.45, 7) is 7.79. The zero-order valence-corrected chi connectivity index (χ0v) is 19.9. The molecule has 3 rings (SSSR count). The average molecular weight is 517 g/mol. The summed E-state index contributed by atoms with van der Waals surface area (Å²) in [5.41, 5.74) is 0. The molecule has 0 bridgehead atoms. The minimum Gasteiger partial charge on any atom is -0.492 e. The van der Waals surface area contributed by atoms with Gasteiger partial charge in [0.1, 0.15) is 12.4 Å². The van der Waals surface area contributed by atoms with Crippen LogP contribution < -0.4 is 10.1 Å². The number of halogens is 1. The van der Waals surface area contributed by atoms with Gasteiger partial charge in [-0.2, -0.15) is 0 Å². The number of nitrogens with one attached hydrogen (secondary N) is 1. The van der Waals surface area contributed by atoms with Gasteiger partial charge in [-0.25, -0.2) is 4.99 Å². The van der Waals surface area contributed by atoms with E-state index in [4.69, 9.17) is 19.2 Å². The Kier molecular flexibility index (Phi) is 11.7. The van der Waals surface area contributed by atoms with E-state index in [9.17, 15) is 0 Å². The minimum atomic E-state index is 0. The lowest BCUT2D eigenvalue weighted by molar-refractivity contribution is -0.0721. The molecule has 2 heterocycles. The lowest BCUT2D eigenvalue weighted by Gasteiger charge is -2.35. The molecule has 1 aromatic rings. The highest BCUT2D eigenvalue weighted by atomic mass is 127. The second-order valence-corrected chi connectivity index (χ2v) is 7.41. The topological polar surface area (TPSA) is 55.3 Å². The molecule has 2 aliphatic heterocycles. The van der Waals surface area contributed by atoms with E-state index < -0.39 is 0 Å². The third-order valence-corrected chi connectivity index (χ3v) is 5.23. The predicted octanol–water partition coefficient (Wildman–Crippen LogP) is 3.70. The molecule has 2 fully saturated rings. The highest BCUT2D eigenvalue weighted by Crippen LogP contribution is 2.18. The van der Waals surface area contributed by atoms with Gasteiger partial charge >= 0.3 is 0 Å². The molecular formula is C22H36IN3O3. The van der Waals surface area contributed by atoms with E-state index >= 15 is 0 Å². The van der Waals surface area contributed by atoms with Crippen LogP contribution in [0.1, 0.15) is 39.0 Å². The molecule has 0 amide bonds. The Morgan fingerprint density at radius 3 is 2.66 bits per heavy atom. The van der Waals surface area contributed by atoms with Crippen molar-refractivity contribution in [3.63, 3.8) is 0 Å². The third kappa shape index (κ3) is 8.68. The second kappa shape index (κ2) is 14.0. The second-order valence-electron chi connectivity index (χ2n) is 7.41. The standard InChI is InChI=1S/C22H35N3O3.HI/c1-2-23-22(24-13-17-27-19-8-4-3-5-9-19)25-14-11-20(12-15-25)28-18-21-10-6-7-16-26-21;/h3-5,8-9,20-21H,2,6-7,10-18H2,1H3,(H,23,24);1H. The Balaban J connectivity index is 0.00000300. The number of likely N-dealkylation sites (tertiary alicyclic amines) is 1. The summed E-state index contributed by atoms with van der Waals surface area (Å²) in [6.07, 6.45) is 6.32. The normalized spacial score (nSPS) is 20.8. The summed E-state index contributed by atoms with van der Waals surface area (Å²) in [4.78, 5) is 7.08. The van der Waals surface area contributed by atoms with Gasteiger partial charge in [0.2, 0.25) is 0 Å². The van der Waals surface area contributed by atoms with Crippen molar-refractivity contribution in [2.45, 2.75) is 51.2 Å². The van der Waals surface area contributed by atoms with Gasteiger partial charge < -0.3 is 24.4 Å². The molecule has 0 aromatic heterocycles. The smallest absolute Gasteiger partial charge is 0.194 e. The van der Waals surface area contributed by atoms with Crippen LogP contribution in [0.3, 0.4) is 0 Å². The fourth-order valence-electron chi connectivity index (χ4n) is 3.67. The van der Waals surface area contributed by atoms with Crippen molar-refractivity contribution in [1.82, 2.24) is 10.2 Å². The molecule has 2 saturated heterocycles. The van der Waals surface area contributed by atoms with Crippen LogP contribution in [0.5, 0.6) is 5.75 Å². The van der Waals surface area contributed by atoms with Crippen LogP contribution in [0.15, 0.2) is 35.3 Å². The minimum absolute atomic E-state index is 0. The zero-order chi connectivity index (χ0) is 19.4. The maximum absolute atomic E-state index is 6.13. The fourth-order valence-corrected chi connectivity index (χ4v) is 3.67. The molecule has 1 atom stereocenters. The number of para-hydroxylation sites is 1. The molecule has 0 spiro atoms. The fraction of sp³-hybridized carbons (Fsp3) is 0.682. The Morgan fingerprint density at radius 2 is 1.97 bits per heavy atom. The third-order valence-electron chi connectivity index (χ3n) is 5.23. The molecule has 29 heavy (non-hydrogen) atoms. The van der Waals surface area contributed by atoms with Crippen molar-refractivity contribution in [3.05, 3.63) is 30.3 Å². The van der Waals surface area contributed by atoms with Crippen molar-refractivity contribution in [2.24, 2.45) is 4.99 Å². The number of piperidine rings is 1. The molecule has 2 aliphatic rings. The van der Waals surface area contributed by atoms with E-state index in [-0.39, 0.29) is 24.0 Å². The van der Waals surface area contributed by atoms with Crippen molar-refractivity contribution >= 4 is 29.9 Å². The first-order valence-corrected chi connectivity index (χ1v) is 10.8. The zero-order valence-electron chi connectivity index (χ0n) is 17.6. The molecular weight excluding hydrogens is 481 g/mol. The number of benzene rings is 1. The summed E-state index contributed by atoms with van der Waals surface area (Å²) < 4.78 is 17.6. The highest BCUT2D eigenvalue weighted by molar-refractivity contribution is 14.0. The summed E-state index contributed by atoms with van der Waals surface area (Å²) in [5, 5.41) is 3.41. The first-order chi connectivity index (χ1) is 13.8. The Labute approximate surface area is 192 Å². The molecule has 1 N–H and O–H groups in total. The van der Waals surface area contributed by atoms with Crippen molar-refractivity contribution in [2.75, 3.05) is 46.0 Å². The van der Waals surface area contributed by atoms with E-state index in [0.717, 1.165) is 63.8 Å². The predicted molar refractivity (Wildman–Crippen MR) is 127 cm³/mol. The van der Waals surface area contributed by atoms with E-state index in [0.29, 0.717) is 25.4 Å².